The lowest BCUT2D eigenvalue weighted by atomic mass is 9.87. The molecule has 428 valence electrons. The Hall–Kier alpha value is -2.24. The van der Waals surface area contributed by atoms with E-state index >= 15 is 0 Å². The van der Waals surface area contributed by atoms with Gasteiger partial charge in [-0.3, -0.25) is 9.59 Å². The number of rotatable bonds is 53. The van der Waals surface area contributed by atoms with Crippen LogP contribution in [-0.4, -0.2) is 37.4 Å². The van der Waals surface area contributed by atoms with Crippen LogP contribution in [0.5, 0.6) is 11.5 Å². The fourth-order valence-electron chi connectivity index (χ4n) is 11.1. The number of aromatic hydroxyl groups is 1. The monoisotopic (exact) mass is 1020 g/mol. The van der Waals surface area contributed by atoms with Crippen molar-refractivity contribution in [1.82, 2.24) is 0 Å². The number of carbonyl (C=O) groups excluding carboxylic acids is 2. The summed E-state index contributed by atoms with van der Waals surface area (Å²) in [6.45, 7) is 18.3. The summed E-state index contributed by atoms with van der Waals surface area (Å²) in [6.07, 6.45) is 52.5. The van der Waals surface area contributed by atoms with Gasteiger partial charge < -0.3 is 19.3 Å². The molecular formula is C67H124O6. The van der Waals surface area contributed by atoms with E-state index < -0.39 is 0 Å². The van der Waals surface area contributed by atoms with Crippen molar-refractivity contribution in [1.29, 1.82) is 0 Å². The van der Waals surface area contributed by atoms with E-state index in [9.17, 15) is 14.7 Å². The Bertz CT molecular complexity index is 1410. The lowest BCUT2D eigenvalue weighted by Gasteiger charge is -2.25. The summed E-state index contributed by atoms with van der Waals surface area (Å²) in [5.74, 6) is 1.50. The van der Waals surface area contributed by atoms with Crippen molar-refractivity contribution in [3.63, 3.8) is 0 Å². The van der Waals surface area contributed by atoms with Gasteiger partial charge >= 0.3 is 11.9 Å². The molecule has 0 heterocycles. The number of phenols is 1. The normalized spacial score (nSPS) is 14.2. The van der Waals surface area contributed by atoms with Crippen molar-refractivity contribution in [2.45, 2.75) is 337 Å². The molecule has 0 saturated carbocycles. The Morgan fingerprint density at radius 1 is 0.384 bits per heavy atom. The van der Waals surface area contributed by atoms with E-state index in [1.54, 1.807) is 7.11 Å². The first-order chi connectivity index (χ1) is 35.5. The van der Waals surface area contributed by atoms with Crippen molar-refractivity contribution in [3.05, 3.63) is 23.3 Å². The van der Waals surface area contributed by atoms with Crippen LogP contribution in [0.2, 0.25) is 0 Å². The van der Waals surface area contributed by atoms with Gasteiger partial charge in [-0.15, -0.1) is 0 Å². The summed E-state index contributed by atoms with van der Waals surface area (Å²) in [7, 11) is 1.69. The second-order valence-electron chi connectivity index (χ2n) is 23.7. The van der Waals surface area contributed by atoms with Crippen molar-refractivity contribution < 1.29 is 28.9 Å². The molecule has 1 aromatic carbocycles. The summed E-state index contributed by atoms with van der Waals surface area (Å²) >= 11 is 0. The molecule has 1 rings (SSSR count). The number of unbranched alkanes of at least 4 members (excludes halogenated alkanes) is 28. The van der Waals surface area contributed by atoms with Crippen LogP contribution in [0.25, 0.3) is 0 Å². The summed E-state index contributed by atoms with van der Waals surface area (Å²) in [4.78, 5) is 26.9. The number of carbonyl (C=O) groups is 2. The lowest BCUT2D eigenvalue weighted by molar-refractivity contribution is -0.149. The molecule has 1 aromatic rings. The fourth-order valence-corrected chi connectivity index (χ4v) is 11.1. The quantitative estimate of drug-likeness (QED) is 0.0517. The average molecular weight is 1030 g/mol. The molecule has 1 N–H and O–H groups in total. The van der Waals surface area contributed by atoms with E-state index in [1.165, 1.54) is 167 Å². The standard InChI is InChI=1S/C67H124O6/c1-10-14-18-22-24-26-28-30-32-34-36-38-44-56(5)46-42-48-58(7)66(69)72-54-60(50-40-20-16-12-3)62-53-65(71-9)63(52-64(62)68)61(51-41-21-17-13-4)55-73-67(70)59(8)49-43-47-57(6)45-39-37-35-33-31-29-27-25-23-19-15-11-2/h52-53,56-61,68H,10-51,54-55H2,1-9H3. The molecule has 6 heteroatoms. The first-order valence-electron chi connectivity index (χ1n) is 32.3. The van der Waals surface area contributed by atoms with Gasteiger partial charge in [0.2, 0.25) is 0 Å². The molecule has 6 atom stereocenters. The van der Waals surface area contributed by atoms with Crippen molar-refractivity contribution in [3.8, 4) is 11.5 Å². The van der Waals surface area contributed by atoms with E-state index in [4.69, 9.17) is 14.2 Å². The fraction of sp³-hybridized carbons (Fsp3) is 0.881. The van der Waals surface area contributed by atoms with E-state index in [-0.39, 0.29) is 54.6 Å². The molecule has 0 amide bonds. The number of hydrogen-bond acceptors (Lipinski definition) is 6. The summed E-state index contributed by atoms with van der Waals surface area (Å²) in [6, 6.07) is 3.84. The van der Waals surface area contributed by atoms with Gasteiger partial charge in [0.1, 0.15) is 11.5 Å². The molecule has 0 radical (unpaired) electrons. The Labute approximate surface area is 454 Å². The smallest absolute Gasteiger partial charge is 0.308 e. The van der Waals surface area contributed by atoms with Gasteiger partial charge in [-0.1, -0.05) is 299 Å². The summed E-state index contributed by atoms with van der Waals surface area (Å²) in [5.41, 5.74) is 1.66. The predicted octanol–water partition coefficient (Wildman–Crippen LogP) is 21.7. The third-order valence-electron chi connectivity index (χ3n) is 16.5. The first kappa shape index (κ1) is 68.8. The van der Waals surface area contributed by atoms with Crippen molar-refractivity contribution in [2.24, 2.45) is 23.7 Å². The number of ether oxygens (including phenoxy) is 3. The van der Waals surface area contributed by atoms with E-state index in [0.717, 1.165) is 114 Å². The van der Waals surface area contributed by atoms with Crippen LogP contribution in [0.3, 0.4) is 0 Å². The number of methoxy groups -OCH3 is 1. The first-order valence-corrected chi connectivity index (χ1v) is 32.3. The molecule has 0 aliphatic rings. The molecule has 6 unspecified atom stereocenters. The van der Waals surface area contributed by atoms with Gasteiger partial charge in [0.25, 0.3) is 0 Å². The predicted molar refractivity (Wildman–Crippen MR) is 315 cm³/mol. The van der Waals surface area contributed by atoms with Gasteiger partial charge in [0, 0.05) is 23.0 Å². The molecule has 0 bridgehead atoms. The van der Waals surface area contributed by atoms with Gasteiger partial charge in [0.15, 0.2) is 0 Å². The van der Waals surface area contributed by atoms with Crippen LogP contribution in [0.4, 0.5) is 0 Å². The van der Waals surface area contributed by atoms with Gasteiger partial charge in [-0.2, -0.15) is 0 Å². The minimum absolute atomic E-state index is 0.0904. The second-order valence-corrected chi connectivity index (χ2v) is 23.7. The van der Waals surface area contributed by atoms with E-state index in [2.05, 4.69) is 41.5 Å². The highest BCUT2D eigenvalue weighted by atomic mass is 16.5. The zero-order valence-electron chi connectivity index (χ0n) is 50.2. The Kier molecular flexibility index (Phi) is 45.4. The number of esters is 2. The highest BCUT2D eigenvalue weighted by Gasteiger charge is 2.26. The molecule has 0 aliphatic carbocycles. The maximum absolute atomic E-state index is 13.5. The number of phenolic OH excluding ortho intramolecular Hbond substituents is 1. The van der Waals surface area contributed by atoms with Gasteiger partial charge in [0.05, 0.1) is 32.2 Å². The highest BCUT2D eigenvalue weighted by molar-refractivity contribution is 5.72. The van der Waals surface area contributed by atoms with Crippen LogP contribution < -0.4 is 4.74 Å². The maximum atomic E-state index is 13.5. The highest BCUT2D eigenvalue weighted by Crippen LogP contribution is 2.40. The lowest BCUT2D eigenvalue weighted by Crippen LogP contribution is -2.20. The minimum Gasteiger partial charge on any atom is -0.508 e. The third-order valence-corrected chi connectivity index (χ3v) is 16.5. The zero-order valence-corrected chi connectivity index (χ0v) is 50.2. The minimum atomic E-state index is -0.151. The van der Waals surface area contributed by atoms with Crippen LogP contribution in [0.1, 0.15) is 348 Å². The molecular weight excluding hydrogens is 901 g/mol. The second kappa shape index (κ2) is 48.2. The van der Waals surface area contributed by atoms with Crippen LogP contribution >= 0.6 is 0 Å². The Morgan fingerprint density at radius 3 is 1.01 bits per heavy atom. The molecule has 6 nitrogen and oxygen atoms in total. The van der Waals surface area contributed by atoms with Crippen LogP contribution in [0, 0.1) is 23.7 Å². The van der Waals surface area contributed by atoms with Gasteiger partial charge in [-0.25, -0.2) is 0 Å². The Morgan fingerprint density at radius 2 is 0.671 bits per heavy atom. The zero-order chi connectivity index (χ0) is 53.6. The molecule has 0 aliphatic heterocycles. The largest absolute Gasteiger partial charge is 0.508 e. The topological polar surface area (TPSA) is 82.1 Å². The summed E-state index contributed by atoms with van der Waals surface area (Å²) < 4.78 is 18.3. The SMILES string of the molecule is CCCCCCCCCCCCCCC(C)CCCC(C)C(=O)OCC(CCCCCC)c1cc(OC)c(C(CCCCCC)COC(=O)C(C)CCCC(C)CCCCCCCCCCCCCC)cc1O. The van der Waals surface area contributed by atoms with Gasteiger partial charge in [-0.05, 0) is 49.7 Å². The van der Waals surface area contributed by atoms with Crippen LogP contribution in [-0.2, 0) is 19.1 Å². The van der Waals surface area contributed by atoms with E-state index in [0.29, 0.717) is 17.6 Å². The Balaban J connectivity index is 2.73. The van der Waals surface area contributed by atoms with Crippen molar-refractivity contribution in [2.75, 3.05) is 20.3 Å². The van der Waals surface area contributed by atoms with E-state index in [1.807, 2.05) is 26.0 Å². The third kappa shape index (κ3) is 36.4. The van der Waals surface area contributed by atoms with Crippen molar-refractivity contribution >= 4 is 11.9 Å². The molecule has 0 aromatic heterocycles. The maximum Gasteiger partial charge on any atom is 0.308 e. The molecule has 0 spiro atoms. The molecule has 73 heavy (non-hydrogen) atoms. The summed E-state index contributed by atoms with van der Waals surface area (Å²) in [5, 5.41) is 11.8. The number of hydrogen-bond donors (Lipinski definition) is 1. The molecule has 0 fully saturated rings. The van der Waals surface area contributed by atoms with Crippen LogP contribution in [0.15, 0.2) is 12.1 Å². The average Bonchev–Trinajstić information content (AvgIpc) is 3.38. The molecule has 0 saturated heterocycles. The number of benzene rings is 1.